The van der Waals surface area contributed by atoms with Crippen LogP contribution in [0, 0.1) is 6.92 Å². The summed E-state index contributed by atoms with van der Waals surface area (Å²) in [7, 11) is 5.50. The first kappa shape index (κ1) is 23.0. The van der Waals surface area contributed by atoms with Gasteiger partial charge in [-0.25, -0.2) is 0 Å². The van der Waals surface area contributed by atoms with Crippen LogP contribution < -0.4 is 4.74 Å². The summed E-state index contributed by atoms with van der Waals surface area (Å²) in [5, 5.41) is 11.2. The van der Waals surface area contributed by atoms with Crippen molar-refractivity contribution in [2.75, 3.05) is 34.3 Å². The maximum Gasteiger partial charge on any atom is 0.295 e. The lowest BCUT2D eigenvalue weighted by atomic mass is 9.94. The van der Waals surface area contributed by atoms with Crippen LogP contribution in [0.5, 0.6) is 5.75 Å². The lowest BCUT2D eigenvalue weighted by Crippen LogP contribution is -2.32. The average molecular weight is 487 g/mol. The van der Waals surface area contributed by atoms with Gasteiger partial charge in [0.25, 0.3) is 11.7 Å². The second-order valence-corrected chi connectivity index (χ2v) is 8.80. The normalized spacial score (nSPS) is 18.1. The van der Waals surface area contributed by atoms with Gasteiger partial charge in [0.1, 0.15) is 11.5 Å². The molecule has 164 valence electrons. The van der Waals surface area contributed by atoms with Crippen molar-refractivity contribution in [3.05, 3.63) is 69.2 Å². The highest BCUT2D eigenvalue weighted by Crippen LogP contribution is 2.40. The summed E-state index contributed by atoms with van der Waals surface area (Å²) in [5.41, 5.74) is 2.14. The molecule has 6 nitrogen and oxygen atoms in total. The number of aryl methyl sites for hydroxylation is 1. The number of carbonyl (C=O) groups is 2. The summed E-state index contributed by atoms with van der Waals surface area (Å²) in [6, 6.07) is 12.1. The van der Waals surface area contributed by atoms with Crippen molar-refractivity contribution in [1.29, 1.82) is 0 Å². The molecule has 0 spiro atoms. The van der Waals surface area contributed by atoms with Gasteiger partial charge in [-0.1, -0.05) is 28.1 Å². The molecule has 1 fully saturated rings. The quantitative estimate of drug-likeness (QED) is 0.361. The van der Waals surface area contributed by atoms with Crippen molar-refractivity contribution in [3.8, 4) is 5.75 Å². The first-order valence-electron chi connectivity index (χ1n) is 10.1. The Kier molecular flexibility index (Phi) is 7.18. The highest BCUT2D eigenvalue weighted by molar-refractivity contribution is 9.10. The molecule has 1 aliphatic rings. The minimum atomic E-state index is -0.664. The van der Waals surface area contributed by atoms with Crippen LogP contribution in [-0.4, -0.2) is 60.9 Å². The fraction of sp³-hybridized carbons (Fsp3) is 0.333. The number of rotatable bonds is 7. The van der Waals surface area contributed by atoms with E-state index in [9.17, 15) is 14.7 Å². The molecule has 2 aromatic carbocycles. The molecule has 1 heterocycles. The van der Waals surface area contributed by atoms with Gasteiger partial charge in [-0.3, -0.25) is 9.59 Å². The van der Waals surface area contributed by atoms with Gasteiger partial charge in [-0.15, -0.1) is 0 Å². The van der Waals surface area contributed by atoms with E-state index in [2.05, 4.69) is 15.9 Å². The molecular formula is C24H27BrN2O4. The molecule has 3 rings (SSSR count). The van der Waals surface area contributed by atoms with Crippen molar-refractivity contribution in [2.45, 2.75) is 19.4 Å². The Morgan fingerprint density at radius 2 is 1.94 bits per heavy atom. The summed E-state index contributed by atoms with van der Waals surface area (Å²) in [6.45, 7) is 3.03. The molecule has 0 aromatic heterocycles. The summed E-state index contributed by atoms with van der Waals surface area (Å²) in [6.07, 6.45) is 0.714. The van der Waals surface area contributed by atoms with Crippen LogP contribution in [0.4, 0.5) is 0 Å². The van der Waals surface area contributed by atoms with Gasteiger partial charge in [0.05, 0.1) is 18.7 Å². The number of amides is 1. The molecule has 2 aromatic rings. The molecule has 0 radical (unpaired) electrons. The summed E-state index contributed by atoms with van der Waals surface area (Å²) in [5.74, 6) is -0.765. The zero-order valence-electron chi connectivity index (χ0n) is 18.2. The Bertz CT molecular complexity index is 1030. The van der Waals surface area contributed by atoms with Crippen LogP contribution in [0.1, 0.15) is 29.2 Å². The first-order valence-corrected chi connectivity index (χ1v) is 10.9. The molecule has 1 aliphatic heterocycles. The van der Waals surface area contributed by atoms with E-state index in [0.29, 0.717) is 24.3 Å². The number of halogens is 1. The highest BCUT2D eigenvalue weighted by atomic mass is 79.9. The third kappa shape index (κ3) is 4.83. The molecule has 1 amide bonds. The summed E-state index contributed by atoms with van der Waals surface area (Å²) < 4.78 is 6.08. The SMILES string of the molecule is COc1ccc(C(O)=C2C(=O)C(=O)N(CCCN(C)C)[C@@H]2c2cccc(Br)c2)c(C)c1. The molecule has 1 N–H and O–H groups in total. The van der Waals surface area contributed by atoms with Crippen LogP contribution in [0.3, 0.4) is 0 Å². The second-order valence-electron chi connectivity index (χ2n) is 7.89. The number of methoxy groups -OCH3 is 1. The minimum absolute atomic E-state index is 0.112. The Balaban J connectivity index is 2.12. The Morgan fingerprint density at radius 3 is 2.55 bits per heavy atom. The third-order valence-electron chi connectivity index (χ3n) is 5.40. The Hall–Kier alpha value is -2.64. The van der Waals surface area contributed by atoms with Crippen molar-refractivity contribution < 1.29 is 19.4 Å². The van der Waals surface area contributed by atoms with Crippen LogP contribution in [0.2, 0.25) is 0 Å². The number of aliphatic hydroxyl groups excluding tert-OH is 1. The molecule has 0 bridgehead atoms. The Morgan fingerprint density at radius 1 is 1.19 bits per heavy atom. The maximum absolute atomic E-state index is 13.1. The van der Waals surface area contributed by atoms with Gasteiger partial charge in [0.15, 0.2) is 0 Å². The third-order valence-corrected chi connectivity index (χ3v) is 5.89. The van der Waals surface area contributed by atoms with Gasteiger partial charge in [0, 0.05) is 16.6 Å². The van der Waals surface area contributed by atoms with Crippen molar-refractivity contribution in [3.63, 3.8) is 0 Å². The lowest BCUT2D eigenvalue weighted by Gasteiger charge is -2.26. The van der Waals surface area contributed by atoms with Crippen molar-refractivity contribution in [1.82, 2.24) is 9.80 Å². The van der Waals surface area contributed by atoms with E-state index in [1.807, 2.05) is 50.2 Å². The molecule has 7 heteroatoms. The van der Waals surface area contributed by atoms with Crippen LogP contribution in [0.15, 0.2) is 52.5 Å². The van der Waals surface area contributed by atoms with Crippen molar-refractivity contribution >= 4 is 33.4 Å². The number of hydrogen-bond donors (Lipinski definition) is 1. The molecular weight excluding hydrogens is 460 g/mol. The number of benzene rings is 2. The van der Waals surface area contributed by atoms with E-state index < -0.39 is 17.7 Å². The predicted octanol–water partition coefficient (Wildman–Crippen LogP) is 4.14. The van der Waals surface area contributed by atoms with E-state index in [4.69, 9.17) is 4.74 Å². The smallest absolute Gasteiger partial charge is 0.295 e. The van der Waals surface area contributed by atoms with E-state index in [0.717, 1.165) is 22.1 Å². The van der Waals surface area contributed by atoms with Crippen LogP contribution in [-0.2, 0) is 9.59 Å². The van der Waals surface area contributed by atoms with E-state index in [1.54, 1.807) is 30.2 Å². The number of Topliss-reactive ketones (excluding diaryl/α,β-unsaturated/α-hetero) is 1. The predicted molar refractivity (Wildman–Crippen MR) is 124 cm³/mol. The van der Waals surface area contributed by atoms with Crippen molar-refractivity contribution in [2.24, 2.45) is 0 Å². The molecule has 0 aliphatic carbocycles. The topological polar surface area (TPSA) is 70.1 Å². The monoisotopic (exact) mass is 486 g/mol. The number of likely N-dealkylation sites (tertiary alicyclic amines) is 1. The number of ketones is 1. The van der Waals surface area contributed by atoms with Gasteiger partial charge >= 0.3 is 0 Å². The van der Waals surface area contributed by atoms with Crippen LogP contribution in [0.25, 0.3) is 5.76 Å². The fourth-order valence-corrected chi connectivity index (χ4v) is 4.28. The minimum Gasteiger partial charge on any atom is -0.507 e. The largest absolute Gasteiger partial charge is 0.507 e. The van der Waals surface area contributed by atoms with E-state index in [-0.39, 0.29) is 11.3 Å². The lowest BCUT2D eigenvalue weighted by molar-refractivity contribution is -0.139. The van der Waals surface area contributed by atoms with E-state index >= 15 is 0 Å². The average Bonchev–Trinajstić information content (AvgIpc) is 2.98. The molecule has 31 heavy (non-hydrogen) atoms. The Labute approximate surface area is 191 Å². The van der Waals surface area contributed by atoms with Gasteiger partial charge < -0.3 is 19.6 Å². The standard InChI is InChI=1S/C24H27BrN2O4/c1-15-13-18(31-4)9-10-19(15)22(28)20-21(16-7-5-8-17(25)14-16)27(24(30)23(20)29)12-6-11-26(2)3/h5,7-10,13-14,21,28H,6,11-12H2,1-4H3/t21-/m1/s1. The highest BCUT2D eigenvalue weighted by Gasteiger charge is 2.45. The number of carbonyl (C=O) groups excluding carboxylic acids is 2. The molecule has 0 unspecified atom stereocenters. The molecule has 1 atom stereocenters. The van der Waals surface area contributed by atoms with Gasteiger partial charge in [-0.05, 0) is 75.4 Å². The van der Waals surface area contributed by atoms with E-state index in [1.165, 1.54) is 0 Å². The fourth-order valence-electron chi connectivity index (χ4n) is 3.87. The number of nitrogens with zero attached hydrogens (tertiary/aromatic N) is 2. The van der Waals surface area contributed by atoms with Crippen LogP contribution >= 0.6 is 15.9 Å². The second kappa shape index (κ2) is 9.66. The summed E-state index contributed by atoms with van der Waals surface area (Å²) in [4.78, 5) is 29.6. The number of aliphatic hydroxyl groups is 1. The number of hydrogen-bond acceptors (Lipinski definition) is 5. The summed E-state index contributed by atoms with van der Waals surface area (Å²) >= 11 is 3.47. The number of ether oxygens (including phenoxy) is 1. The first-order chi connectivity index (χ1) is 14.7. The molecule has 0 saturated carbocycles. The molecule has 1 saturated heterocycles. The zero-order valence-corrected chi connectivity index (χ0v) is 19.8. The maximum atomic E-state index is 13.1. The van der Waals surface area contributed by atoms with Gasteiger partial charge in [-0.2, -0.15) is 0 Å². The van der Waals surface area contributed by atoms with Gasteiger partial charge in [0.2, 0.25) is 0 Å². The zero-order chi connectivity index (χ0) is 22.7.